The third kappa shape index (κ3) is 4.07. The van der Waals surface area contributed by atoms with Gasteiger partial charge in [0.25, 0.3) is 0 Å². The Kier molecular flexibility index (Phi) is 4.53. The van der Waals surface area contributed by atoms with E-state index in [2.05, 4.69) is 28.1 Å². The highest BCUT2D eigenvalue weighted by atomic mass is 16.5. The summed E-state index contributed by atoms with van der Waals surface area (Å²) in [6.45, 7) is 3.66. The lowest BCUT2D eigenvalue weighted by Crippen LogP contribution is -2.19. The van der Waals surface area contributed by atoms with Gasteiger partial charge in [0.2, 0.25) is 0 Å². The van der Waals surface area contributed by atoms with Crippen molar-refractivity contribution in [3.8, 4) is 16.9 Å². The van der Waals surface area contributed by atoms with Gasteiger partial charge >= 0.3 is 0 Å². The molecule has 1 aromatic carbocycles. The lowest BCUT2D eigenvalue weighted by Gasteiger charge is -2.11. The molecule has 3 heteroatoms. The van der Waals surface area contributed by atoms with Crippen LogP contribution in [0.5, 0.6) is 5.75 Å². The van der Waals surface area contributed by atoms with Crippen molar-refractivity contribution in [2.45, 2.75) is 6.92 Å². The molecule has 0 saturated heterocycles. The van der Waals surface area contributed by atoms with Gasteiger partial charge in [-0.3, -0.25) is 4.98 Å². The molecule has 2 aromatic rings. The summed E-state index contributed by atoms with van der Waals surface area (Å²) in [4.78, 5) is 6.33. The first-order valence-corrected chi connectivity index (χ1v) is 6.45. The van der Waals surface area contributed by atoms with Crippen LogP contribution in [0.4, 0.5) is 0 Å². The molecule has 0 fully saturated rings. The molecule has 19 heavy (non-hydrogen) atoms. The van der Waals surface area contributed by atoms with Crippen LogP contribution in [0.25, 0.3) is 11.1 Å². The number of aryl methyl sites for hydroxylation is 1. The Morgan fingerprint density at radius 2 is 1.95 bits per heavy atom. The number of aromatic nitrogens is 1. The summed E-state index contributed by atoms with van der Waals surface area (Å²) < 4.78 is 5.75. The zero-order valence-corrected chi connectivity index (χ0v) is 11.8. The number of hydrogen-bond donors (Lipinski definition) is 0. The van der Waals surface area contributed by atoms with Crippen molar-refractivity contribution < 1.29 is 4.74 Å². The normalized spacial score (nSPS) is 10.7. The Balaban J connectivity index is 2.11. The van der Waals surface area contributed by atoms with Gasteiger partial charge in [0.15, 0.2) is 0 Å². The first-order chi connectivity index (χ1) is 9.15. The van der Waals surface area contributed by atoms with E-state index >= 15 is 0 Å². The molecule has 1 heterocycles. The number of pyridine rings is 1. The Morgan fingerprint density at radius 3 is 2.68 bits per heavy atom. The summed E-state index contributed by atoms with van der Waals surface area (Å²) in [6, 6.07) is 10.3. The molecule has 1 aromatic heterocycles. The highest BCUT2D eigenvalue weighted by molar-refractivity contribution is 5.64. The molecule has 100 valence electrons. The number of ether oxygens (including phenoxy) is 1. The molecule has 0 N–H and O–H groups in total. The fraction of sp³-hybridized carbons (Fsp3) is 0.312. The second-order valence-electron chi connectivity index (χ2n) is 4.93. The van der Waals surface area contributed by atoms with E-state index < -0.39 is 0 Å². The predicted octanol–water partition coefficient (Wildman–Crippen LogP) is 3.00. The van der Waals surface area contributed by atoms with Gasteiger partial charge in [0.05, 0.1) is 0 Å². The maximum Gasteiger partial charge on any atom is 0.119 e. The minimum atomic E-state index is 0.697. The number of nitrogens with zero attached hydrogens (tertiary/aromatic N) is 2. The van der Waals surface area contributed by atoms with Gasteiger partial charge in [-0.2, -0.15) is 0 Å². The van der Waals surface area contributed by atoms with Gasteiger partial charge < -0.3 is 9.64 Å². The van der Waals surface area contributed by atoms with Crippen LogP contribution in [0.3, 0.4) is 0 Å². The molecule has 0 bridgehead atoms. The maximum absolute atomic E-state index is 5.75. The van der Waals surface area contributed by atoms with Crippen LogP contribution in [0.2, 0.25) is 0 Å². The van der Waals surface area contributed by atoms with Crippen LogP contribution < -0.4 is 4.74 Å². The van der Waals surface area contributed by atoms with E-state index in [-0.39, 0.29) is 0 Å². The van der Waals surface area contributed by atoms with Crippen molar-refractivity contribution >= 4 is 0 Å². The molecule has 0 unspecified atom stereocenters. The molecule has 0 amide bonds. The van der Waals surface area contributed by atoms with Gasteiger partial charge in [-0.05, 0) is 50.3 Å². The second kappa shape index (κ2) is 6.34. The molecular weight excluding hydrogens is 236 g/mol. The molecule has 0 aliphatic heterocycles. The summed E-state index contributed by atoms with van der Waals surface area (Å²) >= 11 is 0. The maximum atomic E-state index is 5.75. The molecule has 0 aliphatic rings. The van der Waals surface area contributed by atoms with E-state index in [0.717, 1.165) is 29.0 Å². The second-order valence-corrected chi connectivity index (χ2v) is 4.93. The Hall–Kier alpha value is -1.87. The molecule has 0 spiro atoms. The SMILES string of the molecule is Cc1cncc(-c2cccc(OCCN(C)C)c2)c1. The fourth-order valence-electron chi connectivity index (χ4n) is 1.82. The number of likely N-dealkylation sites (N-methyl/N-ethyl adjacent to an activating group) is 1. The summed E-state index contributed by atoms with van der Waals surface area (Å²) in [5.74, 6) is 0.904. The van der Waals surface area contributed by atoms with E-state index in [0.29, 0.717) is 6.61 Å². The quantitative estimate of drug-likeness (QED) is 0.822. The zero-order chi connectivity index (χ0) is 13.7. The average molecular weight is 256 g/mol. The Labute approximate surface area is 114 Å². The van der Waals surface area contributed by atoms with Gasteiger partial charge in [0, 0.05) is 24.5 Å². The zero-order valence-electron chi connectivity index (χ0n) is 11.8. The Morgan fingerprint density at radius 1 is 1.11 bits per heavy atom. The van der Waals surface area contributed by atoms with Crippen molar-refractivity contribution in [3.63, 3.8) is 0 Å². The summed E-state index contributed by atoms with van der Waals surface area (Å²) in [7, 11) is 4.08. The summed E-state index contributed by atoms with van der Waals surface area (Å²) in [5, 5.41) is 0. The third-order valence-corrected chi connectivity index (χ3v) is 2.85. The standard InChI is InChI=1S/C16H20N2O/c1-13-9-15(12-17-11-13)14-5-4-6-16(10-14)19-8-7-18(2)3/h4-6,9-12H,7-8H2,1-3H3. The van der Waals surface area contributed by atoms with Crippen LogP contribution in [0.1, 0.15) is 5.56 Å². The molecule has 0 aliphatic carbocycles. The van der Waals surface area contributed by atoms with E-state index in [1.165, 1.54) is 0 Å². The highest BCUT2D eigenvalue weighted by Gasteiger charge is 2.01. The molecule has 3 nitrogen and oxygen atoms in total. The predicted molar refractivity (Wildman–Crippen MR) is 78.5 cm³/mol. The summed E-state index contributed by atoms with van der Waals surface area (Å²) in [5.41, 5.74) is 3.42. The number of benzene rings is 1. The molecule has 0 radical (unpaired) electrons. The molecule has 0 saturated carbocycles. The topological polar surface area (TPSA) is 25.4 Å². The smallest absolute Gasteiger partial charge is 0.119 e. The molecular formula is C16H20N2O. The minimum Gasteiger partial charge on any atom is -0.492 e. The van der Waals surface area contributed by atoms with Crippen LogP contribution in [-0.4, -0.2) is 37.1 Å². The third-order valence-electron chi connectivity index (χ3n) is 2.85. The van der Waals surface area contributed by atoms with Crippen LogP contribution >= 0.6 is 0 Å². The number of rotatable bonds is 5. The fourth-order valence-corrected chi connectivity index (χ4v) is 1.82. The van der Waals surface area contributed by atoms with Gasteiger partial charge in [-0.1, -0.05) is 12.1 Å². The average Bonchev–Trinajstić information content (AvgIpc) is 2.39. The highest BCUT2D eigenvalue weighted by Crippen LogP contribution is 2.23. The van der Waals surface area contributed by atoms with Crippen molar-refractivity contribution in [3.05, 3.63) is 48.3 Å². The minimum absolute atomic E-state index is 0.697. The van der Waals surface area contributed by atoms with E-state index in [9.17, 15) is 0 Å². The van der Waals surface area contributed by atoms with Gasteiger partial charge in [-0.15, -0.1) is 0 Å². The van der Waals surface area contributed by atoms with E-state index in [4.69, 9.17) is 4.74 Å². The van der Waals surface area contributed by atoms with Crippen LogP contribution in [0, 0.1) is 6.92 Å². The van der Waals surface area contributed by atoms with Crippen molar-refractivity contribution in [2.75, 3.05) is 27.2 Å². The first kappa shape index (κ1) is 13.6. The molecule has 0 atom stereocenters. The Bertz CT molecular complexity index is 538. The lowest BCUT2D eigenvalue weighted by atomic mass is 10.1. The van der Waals surface area contributed by atoms with Gasteiger partial charge in [-0.25, -0.2) is 0 Å². The van der Waals surface area contributed by atoms with Crippen LogP contribution in [-0.2, 0) is 0 Å². The number of hydrogen-bond acceptors (Lipinski definition) is 3. The largest absolute Gasteiger partial charge is 0.492 e. The van der Waals surface area contributed by atoms with Crippen molar-refractivity contribution in [1.82, 2.24) is 9.88 Å². The van der Waals surface area contributed by atoms with E-state index in [1.54, 1.807) is 0 Å². The first-order valence-electron chi connectivity index (χ1n) is 6.45. The molecule has 2 rings (SSSR count). The van der Waals surface area contributed by atoms with Crippen molar-refractivity contribution in [2.24, 2.45) is 0 Å². The van der Waals surface area contributed by atoms with E-state index in [1.807, 2.05) is 45.5 Å². The van der Waals surface area contributed by atoms with Crippen molar-refractivity contribution in [1.29, 1.82) is 0 Å². The monoisotopic (exact) mass is 256 g/mol. The lowest BCUT2D eigenvalue weighted by molar-refractivity contribution is 0.261. The van der Waals surface area contributed by atoms with Gasteiger partial charge in [0.1, 0.15) is 12.4 Å². The summed E-state index contributed by atoms with van der Waals surface area (Å²) in [6.07, 6.45) is 3.74. The van der Waals surface area contributed by atoms with Crippen LogP contribution in [0.15, 0.2) is 42.7 Å².